The molecule has 0 saturated heterocycles. The Hall–Kier alpha value is -1.68. The first-order chi connectivity index (χ1) is 9.28. The number of imidazole rings is 1. The van der Waals surface area contributed by atoms with Gasteiger partial charge in [0.25, 0.3) is 0 Å². The summed E-state index contributed by atoms with van der Waals surface area (Å²) in [6, 6.07) is 3.76. The smallest absolute Gasteiger partial charge is 0.231 e. The van der Waals surface area contributed by atoms with E-state index >= 15 is 0 Å². The third-order valence-corrected chi connectivity index (χ3v) is 3.51. The zero-order valence-corrected chi connectivity index (χ0v) is 11.5. The van der Waals surface area contributed by atoms with Crippen molar-refractivity contribution in [1.82, 2.24) is 9.55 Å². The molecule has 5 heteroatoms. The summed E-state index contributed by atoms with van der Waals surface area (Å²) >= 11 is 6.28. The summed E-state index contributed by atoms with van der Waals surface area (Å²) in [5.41, 5.74) is 1.02. The first-order valence-corrected chi connectivity index (χ1v) is 6.73. The minimum atomic E-state index is 0.265. The van der Waals surface area contributed by atoms with Gasteiger partial charge in [-0.15, -0.1) is 0 Å². The second-order valence-corrected chi connectivity index (χ2v) is 4.93. The number of aromatic nitrogens is 2. The van der Waals surface area contributed by atoms with Crippen molar-refractivity contribution in [3.63, 3.8) is 0 Å². The highest BCUT2D eigenvalue weighted by Crippen LogP contribution is 2.37. The fourth-order valence-electron chi connectivity index (χ4n) is 2.20. The number of hydrogen-bond acceptors (Lipinski definition) is 3. The van der Waals surface area contributed by atoms with Crippen molar-refractivity contribution in [2.45, 2.75) is 26.3 Å². The summed E-state index contributed by atoms with van der Waals surface area (Å²) in [6.45, 7) is 3.11. The Kier molecular flexibility index (Phi) is 3.34. The van der Waals surface area contributed by atoms with Gasteiger partial charge in [-0.2, -0.15) is 0 Å². The molecule has 2 aromatic rings. The highest BCUT2D eigenvalue weighted by atomic mass is 35.5. The molecule has 0 aliphatic carbocycles. The number of ether oxygens (including phenoxy) is 2. The number of aryl methyl sites for hydroxylation is 1. The van der Waals surface area contributed by atoms with Crippen LogP contribution in [0.2, 0.25) is 5.02 Å². The average Bonchev–Trinajstić information content (AvgIpc) is 3.00. The highest BCUT2D eigenvalue weighted by molar-refractivity contribution is 6.31. The van der Waals surface area contributed by atoms with E-state index in [4.69, 9.17) is 21.1 Å². The van der Waals surface area contributed by atoms with E-state index in [1.54, 1.807) is 0 Å². The van der Waals surface area contributed by atoms with Crippen LogP contribution in [0.5, 0.6) is 11.5 Å². The van der Waals surface area contributed by atoms with Crippen molar-refractivity contribution in [2.75, 3.05) is 6.79 Å². The minimum Gasteiger partial charge on any atom is -0.454 e. The van der Waals surface area contributed by atoms with E-state index in [9.17, 15) is 0 Å². The van der Waals surface area contributed by atoms with Crippen LogP contribution in [0.4, 0.5) is 0 Å². The van der Waals surface area contributed by atoms with Gasteiger partial charge in [0.1, 0.15) is 5.82 Å². The molecule has 1 aliphatic rings. The van der Waals surface area contributed by atoms with Crippen LogP contribution in [0.3, 0.4) is 0 Å². The van der Waals surface area contributed by atoms with Gasteiger partial charge < -0.3 is 14.0 Å². The first kappa shape index (κ1) is 12.4. The average molecular weight is 279 g/mol. The number of rotatable bonds is 4. The second-order valence-electron chi connectivity index (χ2n) is 4.52. The van der Waals surface area contributed by atoms with E-state index in [0.717, 1.165) is 30.0 Å². The zero-order chi connectivity index (χ0) is 13.2. The number of halogens is 1. The molecule has 0 atom stereocenters. The predicted molar refractivity (Wildman–Crippen MR) is 72.9 cm³/mol. The fourth-order valence-corrected chi connectivity index (χ4v) is 2.41. The molecule has 0 radical (unpaired) electrons. The van der Waals surface area contributed by atoms with Gasteiger partial charge in [0.05, 0.1) is 6.54 Å². The van der Waals surface area contributed by atoms with Crippen molar-refractivity contribution in [3.05, 3.63) is 40.9 Å². The molecule has 0 amide bonds. The summed E-state index contributed by atoms with van der Waals surface area (Å²) < 4.78 is 12.8. The normalized spacial score (nSPS) is 12.9. The summed E-state index contributed by atoms with van der Waals surface area (Å²) in [7, 11) is 0. The van der Waals surface area contributed by atoms with E-state index in [2.05, 4.69) is 16.5 Å². The van der Waals surface area contributed by atoms with Crippen LogP contribution in [0.1, 0.15) is 24.7 Å². The Morgan fingerprint density at radius 3 is 2.89 bits per heavy atom. The highest BCUT2D eigenvalue weighted by Gasteiger charge is 2.17. The lowest BCUT2D eigenvalue weighted by Crippen LogP contribution is -2.04. The summed E-state index contributed by atoms with van der Waals surface area (Å²) in [5.74, 6) is 2.56. The first-order valence-electron chi connectivity index (χ1n) is 6.36. The van der Waals surface area contributed by atoms with Crippen molar-refractivity contribution in [1.29, 1.82) is 0 Å². The van der Waals surface area contributed by atoms with Crippen LogP contribution < -0.4 is 9.47 Å². The zero-order valence-electron chi connectivity index (χ0n) is 10.7. The van der Waals surface area contributed by atoms with Crippen LogP contribution in [0.15, 0.2) is 24.5 Å². The van der Waals surface area contributed by atoms with Gasteiger partial charge in [0.2, 0.25) is 6.79 Å². The third kappa shape index (κ3) is 2.40. The van der Waals surface area contributed by atoms with E-state index in [-0.39, 0.29) is 6.79 Å². The molecule has 2 heterocycles. The van der Waals surface area contributed by atoms with Crippen LogP contribution in [0, 0.1) is 0 Å². The van der Waals surface area contributed by atoms with E-state index in [1.807, 2.05) is 24.5 Å². The van der Waals surface area contributed by atoms with Crippen LogP contribution in [-0.2, 0) is 13.0 Å². The maximum atomic E-state index is 6.28. The maximum absolute atomic E-state index is 6.28. The summed E-state index contributed by atoms with van der Waals surface area (Å²) in [4.78, 5) is 4.37. The second kappa shape index (κ2) is 5.13. The van der Waals surface area contributed by atoms with Crippen LogP contribution >= 0.6 is 11.6 Å². The molecular formula is C14H15ClN2O2. The van der Waals surface area contributed by atoms with Crippen molar-refractivity contribution < 1.29 is 9.47 Å². The topological polar surface area (TPSA) is 36.3 Å². The molecule has 1 aliphatic heterocycles. The van der Waals surface area contributed by atoms with Gasteiger partial charge in [0, 0.05) is 29.9 Å². The Morgan fingerprint density at radius 2 is 2.11 bits per heavy atom. The molecule has 0 N–H and O–H groups in total. The SMILES string of the molecule is CCCc1nccn1Cc1cc2c(cc1Cl)OCO2. The standard InChI is InChI=1S/C14H15ClN2O2/c1-2-3-14-16-4-5-17(14)8-10-6-12-13(7-11(10)15)19-9-18-12/h4-7H,2-3,8-9H2,1H3. The Morgan fingerprint density at radius 1 is 1.32 bits per heavy atom. The molecule has 0 fully saturated rings. The molecule has 3 rings (SSSR count). The molecule has 0 unspecified atom stereocenters. The molecule has 19 heavy (non-hydrogen) atoms. The molecule has 0 bridgehead atoms. The van der Waals surface area contributed by atoms with Crippen LogP contribution in [-0.4, -0.2) is 16.3 Å². The maximum Gasteiger partial charge on any atom is 0.231 e. The number of fused-ring (bicyclic) bond motifs is 1. The molecule has 0 spiro atoms. The Bertz CT molecular complexity index is 595. The molecule has 0 saturated carbocycles. The third-order valence-electron chi connectivity index (χ3n) is 3.16. The van der Waals surface area contributed by atoms with Gasteiger partial charge in [-0.25, -0.2) is 4.98 Å². The molecule has 100 valence electrons. The number of nitrogens with zero attached hydrogens (tertiary/aromatic N) is 2. The molecule has 1 aromatic heterocycles. The van der Waals surface area contributed by atoms with Gasteiger partial charge in [-0.1, -0.05) is 18.5 Å². The molecule has 4 nitrogen and oxygen atoms in total. The minimum absolute atomic E-state index is 0.265. The Balaban J connectivity index is 1.88. The van der Waals surface area contributed by atoms with Crippen LogP contribution in [0.25, 0.3) is 0 Å². The van der Waals surface area contributed by atoms with Gasteiger partial charge in [-0.3, -0.25) is 0 Å². The monoisotopic (exact) mass is 278 g/mol. The predicted octanol–water partition coefficient (Wildman–Crippen LogP) is 3.27. The Labute approximate surface area is 116 Å². The lowest BCUT2D eigenvalue weighted by molar-refractivity contribution is 0.174. The van der Waals surface area contributed by atoms with Gasteiger partial charge in [-0.05, 0) is 18.1 Å². The van der Waals surface area contributed by atoms with Crippen molar-refractivity contribution >= 4 is 11.6 Å². The molecule has 1 aromatic carbocycles. The quantitative estimate of drug-likeness (QED) is 0.861. The number of benzene rings is 1. The summed E-state index contributed by atoms with van der Waals surface area (Å²) in [5, 5.41) is 0.695. The summed E-state index contributed by atoms with van der Waals surface area (Å²) in [6.07, 6.45) is 5.85. The lowest BCUT2D eigenvalue weighted by Gasteiger charge is -2.10. The van der Waals surface area contributed by atoms with Gasteiger partial charge >= 0.3 is 0 Å². The fraction of sp³-hybridized carbons (Fsp3) is 0.357. The van der Waals surface area contributed by atoms with Crippen molar-refractivity contribution in [2.24, 2.45) is 0 Å². The van der Waals surface area contributed by atoms with E-state index in [0.29, 0.717) is 17.3 Å². The molecular weight excluding hydrogens is 264 g/mol. The van der Waals surface area contributed by atoms with Gasteiger partial charge in [0.15, 0.2) is 11.5 Å². The lowest BCUT2D eigenvalue weighted by atomic mass is 10.2. The van der Waals surface area contributed by atoms with E-state index in [1.165, 1.54) is 0 Å². The van der Waals surface area contributed by atoms with E-state index < -0.39 is 0 Å². The largest absolute Gasteiger partial charge is 0.454 e. The van der Waals surface area contributed by atoms with Crippen molar-refractivity contribution in [3.8, 4) is 11.5 Å². The number of hydrogen-bond donors (Lipinski definition) is 0.